The van der Waals surface area contributed by atoms with Crippen LogP contribution in [-0.2, 0) is 10.0 Å². The van der Waals surface area contributed by atoms with Crippen LogP contribution >= 0.6 is 0 Å². The molecule has 0 radical (unpaired) electrons. The largest absolute Gasteiger partial charge is 0.495 e. The molecule has 9 heteroatoms. The molecular formula is C22H25N3O5S. The van der Waals surface area contributed by atoms with Crippen LogP contribution in [0.1, 0.15) is 5.69 Å². The summed E-state index contributed by atoms with van der Waals surface area (Å²) in [6, 6.07) is 14.5. The number of nitrogens with zero attached hydrogens (tertiary/aromatic N) is 3. The maximum atomic E-state index is 13.4. The van der Waals surface area contributed by atoms with E-state index in [9.17, 15) is 8.42 Å². The van der Waals surface area contributed by atoms with Gasteiger partial charge in [-0.05, 0) is 37.3 Å². The Morgan fingerprint density at radius 3 is 2.29 bits per heavy atom. The lowest BCUT2D eigenvalue weighted by Crippen LogP contribution is -2.48. The Kier molecular flexibility index (Phi) is 5.88. The van der Waals surface area contributed by atoms with E-state index in [2.05, 4.69) is 10.1 Å². The van der Waals surface area contributed by atoms with E-state index in [1.54, 1.807) is 31.4 Å². The Balaban J connectivity index is 1.55. The van der Waals surface area contributed by atoms with Gasteiger partial charge in [-0.3, -0.25) is 0 Å². The lowest BCUT2D eigenvalue weighted by molar-refractivity contribution is 0.370. The van der Waals surface area contributed by atoms with Gasteiger partial charge in [-0.15, -0.1) is 0 Å². The normalized spacial score (nSPS) is 15.1. The number of hydrogen-bond donors (Lipinski definition) is 0. The summed E-state index contributed by atoms with van der Waals surface area (Å²) in [4.78, 5) is 2.28. The number of benzene rings is 2. The van der Waals surface area contributed by atoms with Gasteiger partial charge in [0.05, 0.1) is 25.6 Å². The fourth-order valence-corrected chi connectivity index (χ4v) is 5.29. The zero-order chi connectivity index (χ0) is 22.0. The monoisotopic (exact) mass is 443 g/mol. The van der Waals surface area contributed by atoms with Crippen molar-refractivity contribution in [3.63, 3.8) is 0 Å². The number of para-hydroxylation sites is 2. The highest BCUT2D eigenvalue weighted by molar-refractivity contribution is 7.89. The van der Waals surface area contributed by atoms with Crippen LogP contribution in [0.4, 0.5) is 5.69 Å². The summed E-state index contributed by atoms with van der Waals surface area (Å²) in [6.07, 6.45) is 0. The molecule has 0 unspecified atom stereocenters. The number of rotatable bonds is 6. The molecule has 0 spiro atoms. The summed E-state index contributed by atoms with van der Waals surface area (Å²) < 4.78 is 44.3. The highest BCUT2D eigenvalue weighted by atomic mass is 32.2. The van der Waals surface area contributed by atoms with Gasteiger partial charge in [0.2, 0.25) is 10.0 Å². The van der Waals surface area contributed by atoms with Crippen LogP contribution in [-0.4, -0.2) is 58.3 Å². The summed E-state index contributed by atoms with van der Waals surface area (Å²) in [7, 11) is -0.619. The van der Waals surface area contributed by atoms with Crippen LogP contribution in [0.25, 0.3) is 11.3 Å². The Morgan fingerprint density at radius 2 is 1.65 bits per heavy atom. The van der Waals surface area contributed by atoms with E-state index in [4.69, 9.17) is 14.0 Å². The number of methoxy groups -OCH3 is 2. The molecule has 0 saturated carbocycles. The fourth-order valence-electron chi connectivity index (χ4n) is 3.73. The van der Waals surface area contributed by atoms with Crippen molar-refractivity contribution in [3.05, 3.63) is 54.2 Å². The van der Waals surface area contributed by atoms with Gasteiger partial charge in [0.25, 0.3) is 0 Å². The van der Waals surface area contributed by atoms with E-state index in [1.807, 2.05) is 31.2 Å². The molecule has 1 aliphatic heterocycles. The first-order valence-corrected chi connectivity index (χ1v) is 11.4. The Bertz CT molecular complexity index is 1170. The molecule has 164 valence electrons. The van der Waals surface area contributed by atoms with Crippen LogP contribution in [0.2, 0.25) is 0 Å². The van der Waals surface area contributed by atoms with Gasteiger partial charge in [0, 0.05) is 37.8 Å². The summed E-state index contributed by atoms with van der Waals surface area (Å²) in [5.41, 5.74) is 2.42. The van der Waals surface area contributed by atoms with Gasteiger partial charge < -0.3 is 18.9 Å². The van der Waals surface area contributed by atoms with Crippen molar-refractivity contribution in [2.75, 3.05) is 45.3 Å². The van der Waals surface area contributed by atoms with Crippen molar-refractivity contribution in [1.29, 1.82) is 0 Å². The van der Waals surface area contributed by atoms with E-state index in [0.717, 1.165) is 17.1 Å². The SMILES string of the molecule is COc1ccccc1N1CCN(S(=O)(=O)c2ccc(-c3cc(C)no3)cc2OC)CC1. The van der Waals surface area contributed by atoms with Gasteiger partial charge in [0.1, 0.15) is 16.4 Å². The first-order chi connectivity index (χ1) is 14.9. The average molecular weight is 444 g/mol. The second kappa shape index (κ2) is 8.60. The number of piperazine rings is 1. The van der Waals surface area contributed by atoms with E-state index in [-0.39, 0.29) is 10.6 Å². The first kappa shape index (κ1) is 21.2. The highest BCUT2D eigenvalue weighted by Crippen LogP contribution is 2.34. The molecule has 1 fully saturated rings. The standard InChI is InChI=1S/C22H25N3O5S/c1-16-14-20(30-23-16)17-8-9-22(21(15-17)29-3)31(26,27)25-12-10-24(11-13-25)18-6-4-5-7-19(18)28-2/h4-9,14-15H,10-13H2,1-3H3. The Morgan fingerprint density at radius 1 is 0.935 bits per heavy atom. The quantitative estimate of drug-likeness (QED) is 0.578. The number of sulfonamides is 1. The maximum Gasteiger partial charge on any atom is 0.246 e. The minimum atomic E-state index is -3.72. The van der Waals surface area contributed by atoms with Crippen LogP contribution in [0, 0.1) is 6.92 Å². The van der Waals surface area contributed by atoms with Gasteiger partial charge in [-0.25, -0.2) is 8.42 Å². The summed E-state index contributed by atoms with van der Waals surface area (Å²) >= 11 is 0. The van der Waals surface area contributed by atoms with Gasteiger partial charge in [-0.2, -0.15) is 4.31 Å². The molecule has 1 saturated heterocycles. The minimum absolute atomic E-state index is 0.140. The molecule has 3 aromatic rings. The molecule has 0 amide bonds. The van der Waals surface area contributed by atoms with Gasteiger partial charge >= 0.3 is 0 Å². The topological polar surface area (TPSA) is 85.1 Å². The Hall–Kier alpha value is -3.04. The van der Waals surface area contributed by atoms with Crippen LogP contribution in [0.3, 0.4) is 0 Å². The molecule has 0 bridgehead atoms. The predicted molar refractivity (Wildman–Crippen MR) is 117 cm³/mol. The second-order valence-electron chi connectivity index (χ2n) is 7.26. The summed E-state index contributed by atoms with van der Waals surface area (Å²) in [5.74, 6) is 1.61. The molecule has 8 nitrogen and oxygen atoms in total. The van der Waals surface area contributed by atoms with Crippen molar-refractivity contribution in [2.24, 2.45) is 0 Å². The third kappa shape index (κ3) is 4.11. The average Bonchev–Trinajstić information content (AvgIpc) is 3.25. The molecule has 31 heavy (non-hydrogen) atoms. The number of anilines is 1. The molecule has 4 rings (SSSR count). The molecule has 0 aliphatic carbocycles. The van der Waals surface area contributed by atoms with E-state index < -0.39 is 10.0 Å². The molecule has 1 aliphatic rings. The predicted octanol–water partition coefficient (Wildman–Crippen LogP) is 3.18. The molecule has 0 atom stereocenters. The zero-order valence-corrected chi connectivity index (χ0v) is 18.6. The number of hydrogen-bond acceptors (Lipinski definition) is 7. The molecular weight excluding hydrogens is 418 g/mol. The minimum Gasteiger partial charge on any atom is -0.495 e. The maximum absolute atomic E-state index is 13.4. The highest BCUT2D eigenvalue weighted by Gasteiger charge is 2.31. The zero-order valence-electron chi connectivity index (χ0n) is 17.7. The lowest BCUT2D eigenvalue weighted by Gasteiger charge is -2.36. The third-order valence-electron chi connectivity index (χ3n) is 5.36. The summed E-state index contributed by atoms with van der Waals surface area (Å²) in [5, 5.41) is 3.88. The van der Waals surface area contributed by atoms with Crippen molar-refractivity contribution in [1.82, 2.24) is 9.46 Å². The van der Waals surface area contributed by atoms with Crippen LogP contribution in [0.15, 0.2) is 57.9 Å². The van der Waals surface area contributed by atoms with E-state index in [1.165, 1.54) is 11.4 Å². The smallest absolute Gasteiger partial charge is 0.246 e. The lowest BCUT2D eigenvalue weighted by atomic mass is 10.1. The molecule has 0 N–H and O–H groups in total. The van der Waals surface area contributed by atoms with Crippen molar-refractivity contribution < 1.29 is 22.4 Å². The van der Waals surface area contributed by atoms with E-state index in [0.29, 0.717) is 37.5 Å². The number of aromatic nitrogens is 1. The number of ether oxygens (including phenoxy) is 2. The third-order valence-corrected chi connectivity index (χ3v) is 7.30. The van der Waals surface area contributed by atoms with Crippen molar-refractivity contribution in [3.8, 4) is 22.8 Å². The van der Waals surface area contributed by atoms with E-state index >= 15 is 0 Å². The molecule has 2 heterocycles. The van der Waals surface area contributed by atoms with Crippen molar-refractivity contribution >= 4 is 15.7 Å². The van der Waals surface area contributed by atoms with Crippen molar-refractivity contribution in [2.45, 2.75) is 11.8 Å². The van der Waals surface area contributed by atoms with Crippen LogP contribution in [0.5, 0.6) is 11.5 Å². The van der Waals surface area contributed by atoms with Crippen LogP contribution < -0.4 is 14.4 Å². The first-order valence-electron chi connectivity index (χ1n) is 9.94. The van der Waals surface area contributed by atoms with Gasteiger partial charge in [0.15, 0.2) is 5.76 Å². The number of aryl methyl sites for hydroxylation is 1. The fraction of sp³-hybridized carbons (Fsp3) is 0.318. The Labute approximate surface area is 182 Å². The molecule has 2 aromatic carbocycles. The summed E-state index contributed by atoms with van der Waals surface area (Å²) in [6.45, 7) is 3.70. The molecule has 1 aromatic heterocycles. The van der Waals surface area contributed by atoms with Gasteiger partial charge in [-0.1, -0.05) is 17.3 Å². The second-order valence-corrected chi connectivity index (χ2v) is 9.17.